The van der Waals surface area contributed by atoms with Gasteiger partial charge in [0.2, 0.25) is 0 Å². The predicted octanol–water partition coefficient (Wildman–Crippen LogP) is 3.38. The molecular formula is C21H31N3O4. The van der Waals surface area contributed by atoms with Gasteiger partial charge < -0.3 is 19.7 Å². The van der Waals surface area contributed by atoms with Gasteiger partial charge in [0.05, 0.1) is 13.2 Å². The number of likely N-dealkylation sites (tertiary alicyclic amines) is 1. The lowest BCUT2D eigenvalue weighted by Crippen LogP contribution is -2.51. The summed E-state index contributed by atoms with van der Waals surface area (Å²) >= 11 is 0. The number of urea groups is 1. The number of cyclic esters (lactones) is 1. The molecule has 1 atom stereocenters. The number of piperidine rings is 1. The molecule has 0 spiro atoms. The van der Waals surface area contributed by atoms with Crippen LogP contribution in [0.4, 0.5) is 9.59 Å². The summed E-state index contributed by atoms with van der Waals surface area (Å²) in [5.41, 5.74) is 1.03. The molecule has 2 aliphatic rings. The monoisotopic (exact) mass is 389 g/mol. The van der Waals surface area contributed by atoms with E-state index in [0.717, 1.165) is 43.4 Å². The molecule has 1 N–H and O–H groups in total. The molecule has 28 heavy (non-hydrogen) atoms. The molecule has 0 saturated carbocycles. The molecule has 3 rings (SSSR count). The zero-order valence-electron chi connectivity index (χ0n) is 16.9. The Labute approximate surface area is 167 Å². The zero-order chi connectivity index (χ0) is 19.9. The molecule has 7 heteroatoms. The van der Waals surface area contributed by atoms with Gasteiger partial charge in [0, 0.05) is 25.7 Å². The summed E-state index contributed by atoms with van der Waals surface area (Å²) in [4.78, 5) is 28.4. The lowest BCUT2D eigenvalue weighted by atomic mass is 10.0. The van der Waals surface area contributed by atoms with Crippen molar-refractivity contribution < 1.29 is 19.1 Å². The summed E-state index contributed by atoms with van der Waals surface area (Å²) < 4.78 is 10.4. The largest absolute Gasteiger partial charge is 0.497 e. The molecule has 1 unspecified atom stereocenters. The number of hydrogen-bond donors (Lipinski definition) is 1. The molecule has 1 aromatic rings. The van der Waals surface area contributed by atoms with E-state index in [2.05, 4.69) is 12.2 Å². The van der Waals surface area contributed by atoms with Crippen LogP contribution in [-0.4, -0.2) is 60.8 Å². The first-order chi connectivity index (χ1) is 13.6. The fourth-order valence-electron chi connectivity index (χ4n) is 3.96. The van der Waals surface area contributed by atoms with Crippen molar-refractivity contribution in [2.24, 2.45) is 0 Å². The summed E-state index contributed by atoms with van der Waals surface area (Å²) in [6, 6.07) is 7.96. The zero-order valence-corrected chi connectivity index (χ0v) is 16.9. The van der Waals surface area contributed by atoms with Gasteiger partial charge in [0.25, 0.3) is 0 Å². The number of carbonyl (C=O) groups excluding carboxylic acids is 2. The van der Waals surface area contributed by atoms with E-state index in [9.17, 15) is 9.59 Å². The van der Waals surface area contributed by atoms with Crippen molar-refractivity contribution in [1.29, 1.82) is 0 Å². The van der Waals surface area contributed by atoms with Gasteiger partial charge in [-0.2, -0.15) is 0 Å². The lowest BCUT2D eigenvalue weighted by Gasteiger charge is -2.37. The number of nitrogens with one attached hydrogen (secondary N) is 1. The smallest absolute Gasteiger partial charge is 0.410 e. The van der Waals surface area contributed by atoms with Crippen LogP contribution in [0.3, 0.4) is 0 Å². The van der Waals surface area contributed by atoms with Gasteiger partial charge in [-0.05, 0) is 37.0 Å². The second kappa shape index (κ2) is 9.66. The molecule has 0 aromatic heterocycles. The number of amides is 3. The average molecular weight is 389 g/mol. The maximum absolute atomic E-state index is 12.5. The van der Waals surface area contributed by atoms with Crippen molar-refractivity contribution in [2.45, 2.75) is 57.7 Å². The number of carbonyl (C=O) groups is 2. The summed E-state index contributed by atoms with van der Waals surface area (Å²) in [5, 5.41) is 2.98. The Kier molecular flexibility index (Phi) is 7.01. The van der Waals surface area contributed by atoms with Gasteiger partial charge in [0.1, 0.15) is 12.4 Å². The van der Waals surface area contributed by atoms with Crippen LogP contribution in [0.25, 0.3) is 0 Å². The van der Waals surface area contributed by atoms with Crippen LogP contribution in [0, 0.1) is 0 Å². The van der Waals surface area contributed by atoms with Crippen LogP contribution < -0.4 is 10.1 Å². The standard InChI is InChI=1S/C21H31N3O4/c1-3-4-5-18-15-28-21(26)24(18)17-10-12-23(13-11-17)20(25)22-14-16-6-8-19(27-2)9-7-16/h6-9,17-18H,3-5,10-15H2,1-2H3,(H,22,25). The SMILES string of the molecule is CCCCC1COC(=O)N1C1CCN(C(=O)NCc2ccc(OC)cc2)CC1. The minimum Gasteiger partial charge on any atom is -0.497 e. The summed E-state index contributed by atoms with van der Waals surface area (Å²) in [7, 11) is 1.63. The van der Waals surface area contributed by atoms with Gasteiger partial charge >= 0.3 is 12.1 Å². The number of methoxy groups -OCH3 is 1. The van der Waals surface area contributed by atoms with E-state index in [1.807, 2.05) is 34.1 Å². The highest BCUT2D eigenvalue weighted by Gasteiger charge is 2.39. The Bertz CT molecular complexity index is 656. The number of benzene rings is 1. The second-order valence-electron chi connectivity index (χ2n) is 7.51. The van der Waals surface area contributed by atoms with E-state index < -0.39 is 0 Å². The van der Waals surface area contributed by atoms with Crippen LogP contribution in [0.15, 0.2) is 24.3 Å². The van der Waals surface area contributed by atoms with E-state index in [0.29, 0.717) is 26.2 Å². The molecule has 7 nitrogen and oxygen atoms in total. The summed E-state index contributed by atoms with van der Waals surface area (Å²) in [5.74, 6) is 0.801. The number of nitrogens with zero attached hydrogens (tertiary/aromatic N) is 2. The molecular weight excluding hydrogens is 358 g/mol. The van der Waals surface area contributed by atoms with Gasteiger partial charge in [-0.3, -0.25) is 4.90 Å². The van der Waals surface area contributed by atoms with Crippen molar-refractivity contribution in [1.82, 2.24) is 15.1 Å². The van der Waals surface area contributed by atoms with Gasteiger partial charge in [-0.1, -0.05) is 31.9 Å². The lowest BCUT2D eigenvalue weighted by molar-refractivity contribution is 0.111. The number of rotatable bonds is 7. The molecule has 1 aromatic carbocycles. The minimum absolute atomic E-state index is 0.0548. The fourth-order valence-corrected chi connectivity index (χ4v) is 3.96. The quantitative estimate of drug-likeness (QED) is 0.776. The first-order valence-electron chi connectivity index (χ1n) is 10.2. The number of ether oxygens (including phenoxy) is 2. The highest BCUT2D eigenvalue weighted by molar-refractivity contribution is 5.74. The van der Waals surface area contributed by atoms with E-state index in [1.165, 1.54) is 0 Å². The third-order valence-electron chi connectivity index (χ3n) is 5.64. The van der Waals surface area contributed by atoms with Crippen LogP contribution in [0.2, 0.25) is 0 Å². The fraction of sp³-hybridized carbons (Fsp3) is 0.619. The Hall–Kier alpha value is -2.44. The molecule has 154 valence electrons. The van der Waals surface area contributed by atoms with Gasteiger partial charge in [-0.15, -0.1) is 0 Å². The van der Waals surface area contributed by atoms with Crippen LogP contribution in [-0.2, 0) is 11.3 Å². The predicted molar refractivity (Wildman–Crippen MR) is 106 cm³/mol. The van der Waals surface area contributed by atoms with Crippen LogP contribution >= 0.6 is 0 Å². The first kappa shape index (κ1) is 20.3. The van der Waals surface area contributed by atoms with Crippen molar-refractivity contribution in [3.8, 4) is 5.75 Å². The molecule has 2 fully saturated rings. The third kappa shape index (κ3) is 4.88. The first-order valence-corrected chi connectivity index (χ1v) is 10.2. The number of hydrogen-bond acceptors (Lipinski definition) is 4. The molecule has 0 aliphatic carbocycles. The Morgan fingerprint density at radius 2 is 1.96 bits per heavy atom. The maximum atomic E-state index is 12.5. The normalized spacial score (nSPS) is 20.2. The van der Waals surface area contributed by atoms with Crippen molar-refractivity contribution >= 4 is 12.1 Å². The third-order valence-corrected chi connectivity index (χ3v) is 5.64. The minimum atomic E-state index is -0.191. The summed E-state index contributed by atoms with van der Waals surface area (Å²) in [6.07, 6.45) is 4.62. The van der Waals surface area contributed by atoms with Crippen molar-refractivity contribution in [3.05, 3.63) is 29.8 Å². The Balaban J connectivity index is 1.46. The molecule has 0 radical (unpaired) electrons. The summed E-state index contributed by atoms with van der Waals surface area (Å²) in [6.45, 7) is 4.46. The van der Waals surface area contributed by atoms with Crippen LogP contribution in [0.1, 0.15) is 44.6 Å². The van der Waals surface area contributed by atoms with Gasteiger partial charge in [0.15, 0.2) is 0 Å². The topological polar surface area (TPSA) is 71.1 Å². The van der Waals surface area contributed by atoms with E-state index >= 15 is 0 Å². The highest BCUT2D eigenvalue weighted by Crippen LogP contribution is 2.26. The molecule has 3 amide bonds. The van der Waals surface area contributed by atoms with Crippen molar-refractivity contribution in [3.63, 3.8) is 0 Å². The highest BCUT2D eigenvalue weighted by atomic mass is 16.6. The van der Waals surface area contributed by atoms with Crippen LogP contribution in [0.5, 0.6) is 5.75 Å². The second-order valence-corrected chi connectivity index (χ2v) is 7.51. The molecule has 2 heterocycles. The molecule has 2 aliphatic heterocycles. The Morgan fingerprint density at radius 3 is 2.61 bits per heavy atom. The number of unbranched alkanes of at least 4 members (excludes halogenated alkanes) is 1. The van der Waals surface area contributed by atoms with E-state index in [4.69, 9.17) is 9.47 Å². The average Bonchev–Trinajstić information content (AvgIpc) is 3.11. The molecule has 0 bridgehead atoms. The van der Waals surface area contributed by atoms with E-state index in [1.54, 1.807) is 7.11 Å². The van der Waals surface area contributed by atoms with Crippen molar-refractivity contribution in [2.75, 3.05) is 26.8 Å². The van der Waals surface area contributed by atoms with Gasteiger partial charge in [-0.25, -0.2) is 9.59 Å². The maximum Gasteiger partial charge on any atom is 0.410 e. The molecule has 2 saturated heterocycles. The van der Waals surface area contributed by atoms with E-state index in [-0.39, 0.29) is 24.2 Å². The Morgan fingerprint density at radius 1 is 1.25 bits per heavy atom.